The van der Waals surface area contributed by atoms with Crippen LogP contribution in [0.3, 0.4) is 0 Å². The fraction of sp³-hybridized carbons (Fsp3) is 0.733. The molecule has 3 heterocycles. The number of carbonyl (C=O) groups is 1. The van der Waals surface area contributed by atoms with E-state index in [1.54, 1.807) is 0 Å². The molecule has 0 radical (unpaired) electrons. The summed E-state index contributed by atoms with van der Waals surface area (Å²) in [5.41, 5.74) is 0. The molecule has 6 nitrogen and oxygen atoms in total. The highest BCUT2D eigenvalue weighted by atomic mass is 16.5. The van der Waals surface area contributed by atoms with Crippen molar-refractivity contribution in [1.29, 1.82) is 0 Å². The molecule has 2 aliphatic rings. The molecule has 6 heteroatoms. The number of hydrogen-bond acceptors (Lipinski definition) is 5. The molecule has 0 spiro atoms. The zero-order valence-electron chi connectivity index (χ0n) is 12.4. The Morgan fingerprint density at radius 1 is 1.29 bits per heavy atom. The van der Waals surface area contributed by atoms with Crippen molar-refractivity contribution in [3.05, 3.63) is 18.4 Å². The van der Waals surface area contributed by atoms with Gasteiger partial charge in [-0.15, -0.1) is 0 Å². The largest absolute Gasteiger partial charge is 0.438 e. The van der Waals surface area contributed by atoms with Crippen LogP contribution in [-0.4, -0.2) is 66.1 Å². The molecule has 116 valence electrons. The number of likely N-dealkylation sites (tertiary alicyclic amines) is 1. The Morgan fingerprint density at radius 2 is 2.14 bits per heavy atom. The van der Waals surface area contributed by atoms with Gasteiger partial charge in [0.15, 0.2) is 6.39 Å². The monoisotopic (exact) mass is 293 g/mol. The average Bonchev–Trinajstić information content (AvgIpc) is 3.08. The number of morpholine rings is 1. The van der Waals surface area contributed by atoms with E-state index in [1.165, 1.54) is 19.0 Å². The van der Waals surface area contributed by atoms with Gasteiger partial charge < -0.3 is 14.1 Å². The molecule has 0 bridgehead atoms. The maximum atomic E-state index is 12.5. The van der Waals surface area contributed by atoms with Crippen molar-refractivity contribution in [2.24, 2.45) is 0 Å². The number of oxazole rings is 1. The van der Waals surface area contributed by atoms with E-state index in [9.17, 15) is 4.79 Å². The first kappa shape index (κ1) is 14.5. The second-order valence-electron chi connectivity index (χ2n) is 5.76. The Kier molecular flexibility index (Phi) is 4.87. The van der Waals surface area contributed by atoms with Crippen LogP contribution >= 0.6 is 0 Å². The molecule has 0 saturated carbocycles. The molecular formula is C15H23N3O3. The Hall–Kier alpha value is -1.40. The molecule has 1 unspecified atom stereocenters. The second-order valence-corrected chi connectivity index (χ2v) is 5.76. The quantitative estimate of drug-likeness (QED) is 0.839. The van der Waals surface area contributed by atoms with Crippen molar-refractivity contribution in [3.63, 3.8) is 0 Å². The summed E-state index contributed by atoms with van der Waals surface area (Å²) in [5.74, 6) is 0.340. The predicted molar refractivity (Wildman–Crippen MR) is 77.1 cm³/mol. The van der Waals surface area contributed by atoms with Crippen LogP contribution in [0.5, 0.6) is 0 Å². The van der Waals surface area contributed by atoms with E-state index in [-0.39, 0.29) is 5.91 Å². The zero-order valence-corrected chi connectivity index (χ0v) is 12.4. The molecule has 0 aromatic carbocycles. The van der Waals surface area contributed by atoms with E-state index in [0.717, 1.165) is 58.7 Å². The van der Waals surface area contributed by atoms with Gasteiger partial charge in [-0.1, -0.05) is 0 Å². The van der Waals surface area contributed by atoms with Gasteiger partial charge in [0.2, 0.25) is 5.76 Å². The summed E-state index contributed by atoms with van der Waals surface area (Å²) in [4.78, 5) is 20.7. The van der Waals surface area contributed by atoms with Crippen LogP contribution in [0.25, 0.3) is 0 Å². The van der Waals surface area contributed by atoms with Gasteiger partial charge in [-0.3, -0.25) is 9.69 Å². The number of carbonyl (C=O) groups excluding carboxylic acids is 1. The van der Waals surface area contributed by atoms with E-state index in [1.807, 2.05) is 4.90 Å². The number of rotatable bonds is 4. The zero-order chi connectivity index (χ0) is 14.5. The van der Waals surface area contributed by atoms with Crippen molar-refractivity contribution in [1.82, 2.24) is 14.8 Å². The number of aromatic nitrogens is 1. The molecule has 1 atom stereocenters. The Labute approximate surface area is 125 Å². The summed E-state index contributed by atoms with van der Waals surface area (Å²) in [5, 5.41) is 0. The minimum absolute atomic E-state index is 0.0147. The third kappa shape index (κ3) is 3.63. The summed E-state index contributed by atoms with van der Waals surface area (Å²) in [7, 11) is 0. The third-order valence-corrected chi connectivity index (χ3v) is 4.41. The van der Waals surface area contributed by atoms with Gasteiger partial charge in [-0.25, -0.2) is 4.98 Å². The summed E-state index contributed by atoms with van der Waals surface area (Å²) in [6.45, 7) is 5.52. The topological polar surface area (TPSA) is 58.8 Å². The second kappa shape index (κ2) is 7.04. The molecule has 3 rings (SSSR count). The lowest BCUT2D eigenvalue weighted by Gasteiger charge is -2.37. The van der Waals surface area contributed by atoms with Gasteiger partial charge in [0.05, 0.1) is 19.4 Å². The summed E-state index contributed by atoms with van der Waals surface area (Å²) in [6, 6.07) is 0.319. The molecule has 1 aromatic rings. The molecule has 1 aromatic heterocycles. The number of ether oxygens (including phenoxy) is 1. The van der Waals surface area contributed by atoms with E-state index in [4.69, 9.17) is 9.15 Å². The van der Waals surface area contributed by atoms with Crippen LogP contribution in [0.15, 0.2) is 17.0 Å². The van der Waals surface area contributed by atoms with Gasteiger partial charge in [0.1, 0.15) is 0 Å². The fourth-order valence-corrected chi connectivity index (χ4v) is 3.19. The van der Waals surface area contributed by atoms with Gasteiger partial charge in [-0.2, -0.15) is 0 Å². The van der Waals surface area contributed by atoms with E-state index in [0.29, 0.717) is 11.8 Å². The van der Waals surface area contributed by atoms with E-state index >= 15 is 0 Å². The van der Waals surface area contributed by atoms with Crippen LogP contribution in [-0.2, 0) is 4.74 Å². The van der Waals surface area contributed by atoms with Crippen molar-refractivity contribution in [2.45, 2.75) is 31.7 Å². The Bertz CT molecular complexity index is 443. The molecule has 2 fully saturated rings. The molecule has 0 aliphatic carbocycles. The number of nitrogens with zero attached hydrogens (tertiary/aromatic N) is 3. The lowest BCUT2D eigenvalue weighted by molar-refractivity contribution is 0.0290. The van der Waals surface area contributed by atoms with Gasteiger partial charge in [-0.05, 0) is 25.7 Å². The minimum Gasteiger partial charge on any atom is -0.438 e. The van der Waals surface area contributed by atoms with E-state index < -0.39 is 0 Å². The van der Waals surface area contributed by atoms with Crippen molar-refractivity contribution >= 4 is 5.91 Å². The van der Waals surface area contributed by atoms with Gasteiger partial charge >= 0.3 is 0 Å². The standard InChI is InChI=1S/C15H23N3O3/c19-15(14-11-16-12-21-14)18-5-2-1-3-13(18)4-6-17-7-9-20-10-8-17/h11-13H,1-10H2. The molecule has 1 amide bonds. The van der Waals surface area contributed by atoms with Crippen LogP contribution < -0.4 is 0 Å². The Morgan fingerprint density at radius 3 is 2.90 bits per heavy atom. The van der Waals surface area contributed by atoms with Gasteiger partial charge in [0, 0.05) is 32.2 Å². The molecule has 0 N–H and O–H groups in total. The minimum atomic E-state index is -0.0147. The smallest absolute Gasteiger partial charge is 0.291 e. The lowest BCUT2D eigenvalue weighted by Crippen LogP contribution is -2.46. The summed E-state index contributed by atoms with van der Waals surface area (Å²) < 4.78 is 10.5. The Balaban J connectivity index is 1.57. The highest BCUT2D eigenvalue weighted by Gasteiger charge is 2.29. The number of piperidine rings is 1. The van der Waals surface area contributed by atoms with Crippen LogP contribution in [0, 0.1) is 0 Å². The third-order valence-electron chi connectivity index (χ3n) is 4.41. The van der Waals surface area contributed by atoms with Crippen LogP contribution in [0.2, 0.25) is 0 Å². The van der Waals surface area contributed by atoms with Gasteiger partial charge in [0.25, 0.3) is 5.91 Å². The van der Waals surface area contributed by atoms with Crippen molar-refractivity contribution < 1.29 is 13.9 Å². The van der Waals surface area contributed by atoms with E-state index in [2.05, 4.69) is 9.88 Å². The lowest BCUT2D eigenvalue weighted by atomic mass is 9.98. The predicted octanol–water partition coefficient (Wildman–Crippen LogP) is 1.39. The highest BCUT2D eigenvalue weighted by molar-refractivity contribution is 5.91. The van der Waals surface area contributed by atoms with Crippen molar-refractivity contribution in [3.8, 4) is 0 Å². The van der Waals surface area contributed by atoms with Crippen LogP contribution in [0.4, 0.5) is 0 Å². The first-order chi connectivity index (χ1) is 10.3. The number of hydrogen-bond donors (Lipinski definition) is 0. The van der Waals surface area contributed by atoms with Crippen LogP contribution in [0.1, 0.15) is 36.2 Å². The molecular weight excluding hydrogens is 270 g/mol. The maximum absolute atomic E-state index is 12.5. The summed E-state index contributed by atoms with van der Waals surface area (Å²) >= 11 is 0. The molecule has 21 heavy (non-hydrogen) atoms. The average molecular weight is 293 g/mol. The molecule has 2 saturated heterocycles. The number of amides is 1. The first-order valence-corrected chi connectivity index (χ1v) is 7.84. The maximum Gasteiger partial charge on any atom is 0.291 e. The SMILES string of the molecule is O=C(c1cnco1)N1CCCCC1CCN1CCOCC1. The normalized spacial score (nSPS) is 24.2. The molecule has 2 aliphatic heterocycles. The highest BCUT2D eigenvalue weighted by Crippen LogP contribution is 2.22. The fourth-order valence-electron chi connectivity index (χ4n) is 3.19. The van der Waals surface area contributed by atoms with Crippen molar-refractivity contribution in [2.75, 3.05) is 39.4 Å². The summed E-state index contributed by atoms with van der Waals surface area (Å²) in [6.07, 6.45) is 7.22. The first-order valence-electron chi connectivity index (χ1n) is 7.84.